The van der Waals surface area contributed by atoms with Crippen molar-refractivity contribution >= 4 is 22.0 Å². The largest absolute Gasteiger partial charge is 0.494 e. The van der Waals surface area contributed by atoms with Crippen molar-refractivity contribution in [3.63, 3.8) is 0 Å². The van der Waals surface area contributed by atoms with Crippen molar-refractivity contribution in [3.05, 3.63) is 46.2 Å². The van der Waals surface area contributed by atoms with Gasteiger partial charge in [-0.25, -0.2) is 9.59 Å². The van der Waals surface area contributed by atoms with E-state index in [4.69, 9.17) is 19.7 Å². The molecule has 1 heterocycles. The molecule has 12 heteroatoms. The van der Waals surface area contributed by atoms with E-state index in [1.807, 2.05) is 0 Å². The number of benzene rings is 1. The van der Waals surface area contributed by atoms with Crippen LogP contribution in [-0.4, -0.2) is 53.5 Å². The van der Waals surface area contributed by atoms with E-state index in [1.54, 1.807) is 0 Å². The second-order valence-corrected chi connectivity index (χ2v) is 6.42. The van der Waals surface area contributed by atoms with Crippen LogP contribution >= 0.6 is 0 Å². The Labute approximate surface area is 146 Å². The van der Waals surface area contributed by atoms with Crippen molar-refractivity contribution < 1.29 is 37.7 Å². The van der Waals surface area contributed by atoms with Crippen molar-refractivity contribution in [3.8, 4) is 11.6 Å². The quantitative estimate of drug-likeness (QED) is 0.645. The van der Waals surface area contributed by atoms with Crippen molar-refractivity contribution in [2.75, 3.05) is 13.7 Å². The van der Waals surface area contributed by atoms with E-state index in [0.717, 1.165) is 37.4 Å². The lowest BCUT2D eigenvalue weighted by molar-refractivity contribution is -0.139. The molecule has 0 bridgehead atoms. The highest BCUT2D eigenvalue weighted by atomic mass is 32.2. The maximum atomic E-state index is 12.8. The number of carboxylic acids is 2. The first-order valence-corrected chi connectivity index (χ1v) is 8.23. The minimum atomic E-state index is -4.65. The summed E-state index contributed by atoms with van der Waals surface area (Å²) < 4.78 is 35.2. The highest BCUT2D eigenvalue weighted by molar-refractivity contribution is 7.90. The third-order valence-corrected chi connectivity index (χ3v) is 4.60. The summed E-state index contributed by atoms with van der Waals surface area (Å²) in [5.74, 6) is -3.67. The van der Waals surface area contributed by atoms with Gasteiger partial charge in [0.2, 0.25) is 5.88 Å². The molecule has 0 fully saturated rings. The van der Waals surface area contributed by atoms with Crippen LogP contribution in [0.5, 0.6) is 11.6 Å². The Morgan fingerprint density at radius 3 is 2.46 bits per heavy atom. The van der Waals surface area contributed by atoms with Crippen molar-refractivity contribution in [2.45, 2.75) is 4.90 Å². The molecule has 138 valence electrons. The minimum absolute atomic E-state index is 0.0632. The van der Waals surface area contributed by atoms with Gasteiger partial charge < -0.3 is 19.7 Å². The molecule has 0 spiro atoms. The molecule has 2 rings (SSSR count). The summed E-state index contributed by atoms with van der Waals surface area (Å²) in [6.07, 6.45) is 0. The fourth-order valence-electron chi connectivity index (χ4n) is 1.95. The third-order valence-electron chi connectivity index (χ3n) is 3.01. The fraction of sp³-hybridized carbons (Fsp3) is 0.143. The average molecular weight is 384 g/mol. The molecule has 0 aliphatic heterocycles. The van der Waals surface area contributed by atoms with E-state index in [2.05, 4.69) is 5.10 Å². The zero-order chi connectivity index (χ0) is 19.5. The Morgan fingerprint density at radius 1 is 1.19 bits per heavy atom. The molecule has 2 N–H and O–H groups in total. The van der Waals surface area contributed by atoms with Crippen LogP contribution in [0, 0.1) is 0 Å². The van der Waals surface area contributed by atoms with E-state index in [-0.39, 0.29) is 4.09 Å². The standard InChI is InChI=1S/C14H12N2O9S/c1-24-13-8(14(20)21)3-2-4-9(13)26(22,23)16-11(17)6-5-10(15-16)25-7-12(18)19/h2-6H,7H2,1H3,(H,18,19)(H,20,21). The van der Waals surface area contributed by atoms with Gasteiger partial charge >= 0.3 is 11.9 Å². The van der Waals surface area contributed by atoms with Crippen molar-refractivity contribution in [1.29, 1.82) is 0 Å². The predicted molar refractivity (Wildman–Crippen MR) is 84.2 cm³/mol. The smallest absolute Gasteiger partial charge is 0.341 e. The molecule has 0 amide bonds. The van der Waals surface area contributed by atoms with Gasteiger partial charge in [-0.3, -0.25) is 4.79 Å². The first-order chi connectivity index (χ1) is 12.2. The number of carboxylic acid groups (broad SMARTS) is 2. The van der Waals surface area contributed by atoms with Gasteiger partial charge in [0.05, 0.1) is 7.11 Å². The van der Waals surface area contributed by atoms with Crippen LogP contribution in [0.4, 0.5) is 0 Å². The number of hydrogen-bond acceptors (Lipinski definition) is 8. The number of para-hydroxylation sites is 1. The van der Waals surface area contributed by atoms with Gasteiger partial charge in [-0.1, -0.05) is 6.07 Å². The normalized spacial score (nSPS) is 11.0. The van der Waals surface area contributed by atoms with Crippen LogP contribution in [-0.2, 0) is 14.8 Å². The molecular weight excluding hydrogens is 372 g/mol. The number of rotatable bonds is 7. The summed E-state index contributed by atoms with van der Waals surface area (Å²) >= 11 is 0. The number of ether oxygens (including phenoxy) is 2. The summed E-state index contributed by atoms with van der Waals surface area (Å²) in [6.45, 7) is -0.803. The van der Waals surface area contributed by atoms with E-state index in [1.165, 1.54) is 0 Å². The third kappa shape index (κ3) is 3.64. The Balaban J connectivity index is 2.63. The highest BCUT2D eigenvalue weighted by Gasteiger charge is 2.28. The van der Waals surface area contributed by atoms with E-state index in [0.29, 0.717) is 0 Å². The molecule has 0 aliphatic carbocycles. The number of aliphatic carboxylic acids is 1. The minimum Gasteiger partial charge on any atom is -0.494 e. The number of nitrogens with zero attached hydrogens (tertiary/aromatic N) is 2. The number of aromatic nitrogens is 2. The van der Waals surface area contributed by atoms with Crippen LogP contribution in [0.2, 0.25) is 0 Å². The summed E-state index contributed by atoms with van der Waals surface area (Å²) in [5.41, 5.74) is -1.49. The molecular formula is C14H12N2O9S. The Kier molecular flexibility index (Phi) is 5.26. The van der Waals surface area contributed by atoms with Crippen LogP contribution in [0.3, 0.4) is 0 Å². The number of hydrogen-bond donors (Lipinski definition) is 2. The molecule has 26 heavy (non-hydrogen) atoms. The average Bonchev–Trinajstić information content (AvgIpc) is 2.59. The van der Waals surface area contributed by atoms with E-state index >= 15 is 0 Å². The molecule has 0 saturated carbocycles. The van der Waals surface area contributed by atoms with Gasteiger partial charge in [0.25, 0.3) is 15.6 Å². The number of carbonyl (C=O) groups is 2. The van der Waals surface area contributed by atoms with Gasteiger partial charge in [-0.05, 0) is 12.1 Å². The number of methoxy groups -OCH3 is 1. The molecule has 1 aromatic heterocycles. The maximum absolute atomic E-state index is 12.8. The second kappa shape index (κ2) is 7.23. The number of aromatic carboxylic acids is 1. The van der Waals surface area contributed by atoms with Crippen molar-refractivity contribution in [1.82, 2.24) is 9.19 Å². The second-order valence-electron chi connectivity index (χ2n) is 4.68. The fourth-order valence-corrected chi connectivity index (χ4v) is 3.30. The summed E-state index contributed by atoms with van der Waals surface area (Å²) in [7, 11) is -3.58. The van der Waals surface area contributed by atoms with Gasteiger partial charge in [0.15, 0.2) is 12.4 Å². The van der Waals surface area contributed by atoms with Crippen LogP contribution < -0.4 is 15.0 Å². The molecule has 0 atom stereocenters. The Bertz CT molecular complexity index is 1030. The predicted octanol–water partition coefficient (Wildman–Crippen LogP) is -0.350. The van der Waals surface area contributed by atoms with Gasteiger partial charge in [0, 0.05) is 12.1 Å². The zero-order valence-electron chi connectivity index (χ0n) is 13.1. The zero-order valence-corrected chi connectivity index (χ0v) is 14.0. The Hall–Kier alpha value is -3.41. The lowest BCUT2D eigenvalue weighted by atomic mass is 10.2. The van der Waals surface area contributed by atoms with Gasteiger partial charge in [-0.2, -0.15) is 8.42 Å². The molecule has 0 radical (unpaired) electrons. The first-order valence-electron chi connectivity index (χ1n) is 6.79. The highest BCUT2D eigenvalue weighted by Crippen LogP contribution is 2.29. The van der Waals surface area contributed by atoms with Crippen molar-refractivity contribution in [2.24, 2.45) is 0 Å². The maximum Gasteiger partial charge on any atom is 0.341 e. The monoisotopic (exact) mass is 384 g/mol. The summed E-state index contributed by atoms with van der Waals surface area (Å²) in [5, 5.41) is 21.2. The van der Waals surface area contributed by atoms with Crippen LogP contribution in [0.1, 0.15) is 10.4 Å². The lowest BCUT2D eigenvalue weighted by Gasteiger charge is -2.13. The first kappa shape index (κ1) is 18.9. The van der Waals surface area contributed by atoms with Crippen LogP contribution in [0.25, 0.3) is 0 Å². The van der Waals surface area contributed by atoms with Crippen LogP contribution in [0.15, 0.2) is 40.0 Å². The van der Waals surface area contributed by atoms with E-state index < -0.39 is 56.2 Å². The van der Waals surface area contributed by atoms with Gasteiger partial charge in [-0.15, -0.1) is 9.19 Å². The molecule has 0 aliphatic rings. The van der Waals surface area contributed by atoms with E-state index in [9.17, 15) is 22.8 Å². The molecule has 1 aromatic carbocycles. The molecule has 0 saturated heterocycles. The molecule has 2 aromatic rings. The lowest BCUT2D eigenvalue weighted by Crippen LogP contribution is -2.30. The summed E-state index contributed by atoms with van der Waals surface area (Å²) in [6, 6.07) is 5.15. The van der Waals surface area contributed by atoms with Gasteiger partial charge in [0.1, 0.15) is 10.5 Å². The Morgan fingerprint density at radius 2 is 1.88 bits per heavy atom. The molecule has 0 unspecified atom stereocenters. The SMILES string of the molecule is COc1c(C(=O)O)cccc1S(=O)(=O)n1nc(OCC(=O)O)ccc1=O. The molecule has 11 nitrogen and oxygen atoms in total. The topological polar surface area (TPSA) is 162 Å². The summed E-state index contributed by atoms with van der Waals surface area (Å²) in [4.78, 5) is 33.1.